The van der Waals surface area contributed by atoms with Crippen molar-refractivity contribution >= 4 is 23.5 Å². The summed E-state index contributed by atoms with van der Waals surface area (Å²) in [5.74, 6) is 1.34. The van der Waals surface area contributed by atoms with Gasteiger partial charge in [-0.15, -0.1) is 0 Å². The molecule has 2 fully saturated rings. The molecule has 0 saturated carbocycles. The minimum atomic E-state index is -0.878. The SMILES string of the molecule is CN1CCC(Oc2cc(Cl)nc(N[C@H]3CCCN(C(=O)O)C3)c2)CC1. The average molecular weight is 369 g/mol. The Bertz CT molecular complexity index is 608. The number of hydrogen-bond acceptors (Lipinski definition) is 5. The van der Waals surface area contributed by atoms with E-state index in [1.165, 1.54) is 4.90 Å². The molecule has 2 saturated heterocycles. The Labute approximate surface area is 152 Å². The molecule has 0 aromatic carbocycles. The Morgan fingerprint density at radius 2 is 2.08 bits per heavy atom. The highest BCUT2D eigenvalue weighted by atomic mass is 35.5. The Kier molecular flexibility index (Phi) is 5.86. The number of nitrogens with one attached hydrogen (secondary N) is 1. The third-order valence-corrected chi connectivity index (χ3v) is 4.97. The first-order chi connectivity index (χ1) is 12.0. The smallest absolute Gasteiger partial charge is 0.407 e. The van der Waals surface area contributed by atoms with Gasteiger partial charge in [0.15, 0.2) is 0 Å². The van der Waals surface area contributed by atoms with Crippen molar-refractivity contribution in [3.05, 3.63) is 17.3 Å². The van der Waals surface area contributed by atoms with Crippen LogP contribution in [0, 0.1) is 0 Å². The monoisotopic (exact) mass is 368 g/mol. The van der Waals surface area contributed by atoms with Gasteiger partial charge in [0.05, 0.1) is 0 Å². The van der Waals surface area contributed by atoms with Crippen molar-refractivity contribution in [2.45, 2.75) is 37.8 Å². The molecule has 0 spiro atoms. The molecule has 3 heterocycles. The number of halogens is 1. The van der Waals surface area contributed by atoms with E-state index < -0.39 is 6.09 Å². The first-order valence-electron chi connectivity index (χ1n) is 8.77. The number of rotatable bonds is 4. The van der Waals surface area contributed by atoms with E-state index in [-0.39, 0.29) is 12.1 Å². The largest absolute Gasteiger partial charge is 0.490 e. The van der Waals surface area contributed by atoms with Crippen molar-refractivity contribution in [2.75, 3.05) is 38.5 Å². The van der Waals surface area contributed by atoms with Crippen LogP contribution in [0.1, 0.15) is 25.7 Å². The lowest BCUT2D eigenvalue weighted by molar-refractivity contribution is 0.114. The van der Waals surface area contributed by atoms with Crippen molar-refractivity contribution in [3.63, 3.8) is 0 Å². The Morgan fingerprint density at radius 1 is 1.32 bits per heavy atom. The van der Waals surface area contributed by atoms with Gasteiger partial charge in [0, 0.05) is 44.4 Å². The summed E-state index contributed by atoms with van der Waals surface area (Å²) in [5, 5.41) is 12.8. The van der Waals surface area contributed by atoms with Gasteiger partial charge >= 0.3 is 6.09 Å². The predicted octanol–water partition coefficient (Wildman–Crippen LogP) is 2.76. The van der Waals surface area contributed by atoms with Crippen LogP contribution in [0.5, 0.6) is 5.75 Å². The lowest BCUT2D eigenvalue weighted by atomic mass is 10.1. The van der Waals surface area contributed by atoms with E-state index in [1.54, 1.807) is 6.07 Å². The van der Waals surface area contributed by atoms with Crippen LogP contribution in [0.4, 0.5) is 10.6 Å². The minimum absolute atomic E-state index is 0.0343. The number of aromatic nitrogens is 1. The van der Waals surface area contributed by atoms with E-state index >= 15 is 0 Å². The summed E-state index contributed by atoms with van der Waals surface area (Å²) in [6.45, 7) is 3.10. The Balaban J connectivity index is 1.62. The van der Waals surface area contributed by atoms with E-state index in [0.29, 0.717) is 29.8 Å². The molecule has 1 atom stereocenters. The molecule has 138 valence electrons. The summed E-state index contributed by atoms with van der Waals surface area (Å²) in [6.07, 6.45) is 3.05. The Hall–Kier alpha value is -1.73. The molecule has 2 aliphatic rings. The van der Waals surface area contributed by atoms with Gasteiger partial charge in [-0.05, 0) is 32.7 Å². The fourth-order valence-corrected chi connectivity index (χ4v) is 3.59. The third kappa shape index (κ3) is 5.12. The molecule has 2 N–H and O–H groups in total. The van der Waals surface area contributed by atoms with Crippen LogP contribution in [0.3, 0.4) is 0 Å². The number of piperidine rings is 2. The molecule has 0 unspecified atom stereocenters. The molecule has 7 nitrogen and oxygen atoms in total. The fourth-order valence-electron chi connectivity index (χ4n) is 3.39. The highest BCUT2D eigenvalue weighted by Gasteiger charge is 2.24. The van der Waals surface area contributed by atoms with Gasteiger partial charge in [-0.2, -0.15) is 0 Å². The maximum absolute atomic E-state index is 11.1. The van der Waals surface area contributed by atoms with Crippen LogP contribution in [0.25, 0.3) is 0 Å². The Morgan fingerprint density at radius 3 is 2.80 bits per heavy atom. The van der Waals surface area contributed by atoms with Gasteiger partial charge in [0.25, 0.3) is 0 Å². The van der Waals surface area contributed by atoms with Crippen LogP contribution in [0.2, 0.25) is 5.15 Å². The number of nitrogens with zero attached hydrogens (tertiary/aromatic N) is 3. The zero-order chi connectivity index (χ0) is 17.8. The molecule has 1 aromatic rings. The summed E-state index contributed by atoms with van der Waals surface area (Å²) in [5.41, 5.74) is 0. The molecular formula is C17H25ClN4O3. The normalized spacial score (nSPS) is 22.6. The number of pyridine rings is 1. The molecule has 0 aliphatic carbocycles. The summed E-state index contributed by atoms with van der Waals surface area (Å²) in [6, 6.07) is 3.62. The third-order valence-electron chi connectivity index (χ3n) is 4.78. The van der Waals surface area contributed by atoms with Gasteiger partial charge in [0.2, 0.25) is 0 Å². The molecule has 25 heavy (non-hydrogen) atoms. The van der Waals surface area contributed by atoms with E-state index in [2.05, 4.69) is 22.2 Å². The van der Waals surface area contributed by atoms with Crippen molar-refractivity contribution < 1.29 is 14.6 Å². The van der Waals surface area contributed by atoms with Crippen molar-refractivity contribution in [2.24, 2.45) is 0 Å². The number of amides is 1. The fraction of sp³-hybridized carbons (Fsp3) is 0.647. The highest BCUT2D eigenvalue weighted by Crippen LogP contribution is 2.25. The summed E-state index contributed by atoms with van der Waals surface area (Å²) in [7, 11) is 2.12. The second kappa shape index (κ2) is 8.10. The van der Waals surface area contributed by atoms with E-state index in [0.717, 1.165) is 38.8 Å². The number of anilines is 1. The first-order valence-corrected chi connectivity index (χ1v) is 9.14. The average Bonchev–Trinajstić information content (AvgIpc) is 2.57. The minimum Gasteiger partial charge on any atom is -0.490 e. The van der Waals surface area contributed by atoms with Crippen LogP contribution < -0.4 is 10.1 Å². The molecule has 8 heteroatoms. The highest BCUT2D eigenvalue weighted by molar-refractivity contribution is 6.29. The zero-order valence-electron chi connectivity index (χ0n) is 14.4. The summed E-state index contributed by atoms with van der Waals surface area (Å²) < 4.78 is 6.08. The topological polar surface area (TPSA) is 77.9 Å². The maximum Gasteiger partial charge on any atom is 0.407 e. The quantitative estimate of drug-likeness (QED) is 0.796. The van der Waals surface area contributed by atoms with Crippen LogP contribution in [-0.4, -0.2) is 71.4 Å². The first kappa shape index (κ1) is 18.1. The van der Waals surface area contributed by atoms with Gasteiger partial charge < -0.3 is 25.0 Å². The molecule has 1 aromatic heterocycles. The van der Waals surface area contributed by atoms with Crippen LogP contribution in [-0.2, 0) is 0 Å². The lowest BCUT2D eigenvalue weighted by Crippen LogP contribution is -2.44. The standard InChI is InChI=1S/C17H25ClN4O3/c1-21-7-4-13(5-8-21)25-14-9-15(18)20-16(10-14)19-12-3-2-6-22(11-12)17(23)24/h9-10,12-13H,2-8,11H2,1H3,(H,19,20)(H,23,24)/t12-/m0/s1. The van der Waals surface area contributed by atoms with Gasteiger partial charge in [-0.25, -0.2) is 9.78 Å². The lowest BCUT2D eigenvalue weighted by Gasteiger charge is -2.32. The van der Waals surface area contributed by atoms with E-state index in [4.69, 9.17) is 21.4 Å². The zero-order valence-corrected chi connectivity index (χ0v) is 15.2. The molecule has 0 radical (unpaired) electrons. The summed E-state index contributed by atoms with van der Waals surface area (Å²) >= 11 is 6.14. The molecule has 1 amide bonds. The van der Waals surface area contributed by atoms with Crippen molar-refractivity contribution in [1.82, 2.24) is 14.8 Å². The number of ether oxygens (including phenoxy) is 1. The van der Waals surface area contributed by atoms with Crippen LogP contribution in [0.15, 0.2) is 12.1 Å². The second-order valence-electron chi connectivity index (χ2n) is 6.84. The predicted molar refractivity (Wildman–Crippen MR) is 96.6 cm³/mol. The van der Waals surface area contributed by atoms with Crippen molar-refractivity contribution in [3.8, 4) is 5.75 Å². The van der Waals surface area contributed by atoms with Crippen molar-refractivity contribution in [1.29, 1.82) is 0 Å². The second-order valence-corrected chi connectivity index (χ2v) is 7.23. The van der Waals surface area contributed by atoms with E-state index in [1.807, 2.05) is 6.07 Å². The number of hydrogen-bond donors (Lipinski definition) is 2. The van der Waals surface area contributed by atoms with Gasteiger partial charge in [-0.1, -0.05) is 11.6 Å². The summed E-state index contributed by atoms with van der Waals surface area (Å²) in [4.78, 5) is 19.2. The van der Waals surface area contributed by atoms with E-state index in [9.17, 15) is 4.79 Å². The molecular weight excluding hydrogens is 344 g/mol. The van der Waals surface area contributed by atoms with Crippen LogP contribution >= 0.6 is 11.6 Å². The maximum atomic E-state index is 11.1. The number of carbonyl (C=O) groups is 1. The number of likely N-dealkylation sites (tertiary alicyclic amines) is 2. The van der Waals surface area contributed by atoms with Gasteiger partial charge in [0.1, 0.15) is 22.8 Å². The van der Waals surface area contributed by atoms with Gasteiger partial charge in [-0.3, -0.25) is 0 Å². The number of carboxylic acid groups (broad SMARTS) is 1. The molecule has 3 rings (SSSR count). The molecule has 0 bridgehead atoms. The molecule has 2 aliphatic heterocycles.